The number of hydrogen-bond donors (Lipinski definition) is 0. The monoisotopic (exact) mass is 570 g/mol. The van der Waals surface area contributed by atoms with Gasteiger partial charge in [0, 0.05) is 46.5 Å². The summed E-state index contributed by atoms with van der Waals surface area (Å²) in [4.78, 5) is 0. The Balaban J connectivity index is 1.26. The van der Waals surface area contributed by atoms with Crippen molar-refractivity contribution in [1.82, 2.24) is 0 Å². The number of pyridine rings is 2. The van der Waals surface area contributed by atoms with Crippen molar-refractivity contribution in [3.05, 3.63) is 144 Å². The normalized spacial score (nSPS) is 17.3. The summed E-state index contributed by atoms with van der Waals surface area (Å²) in [5, 5.41) is 2.41. The van der Waals surface area contributed by atoms with E-state index in [4.69, 9.17) is 4.42 Å². The van der Waals surface area contributed by atoms with Crippen molar-refractivity contribution in [1.29, 1.82) is 0 Å². The second-order valence-corrected chi connectivity index (χ2v) is 12.5. The molecule has 0 aliphatic carbocycles. The first-order valence-corrected chi connectivity index (χ1v) is 15.9. The van der Waals surface area contributed by atoms with Crippen LogP contribution in [-0.2, 0) is 13.0 Å². The zero-order chi connectivity index (χ0) is 29.2. The number of nitrogens with zero attached hydrogens (tertiary/aromatic N) is 2. The lowest BCUT2D eigenvalue weighted by Gasteiger charge is -2.32. The van der Waals surface area contributed by atoms with Gasteiger partial charge in [0.15, 0.2) is 25.0 Å². The lowest BCUT2D eigenvalue weighted by Crippen LogP contribution is -2.50. The number of hydrogen-bond acceptors (Lipinski definition) is 1. The maximum absolute atomic E-state index is 6.69. The summed E-state index contributed by atoms with van der Waals surface area (Å²) in [5.41, 5.74) is 14.0. The van der Waals surface area contributed by atoms with Crippen molar-refractivity contribution in [2.45, 2.75) is 44.7 Å². The third-order valence-electron chi connectivity index (χ3n) is 10.1. The van der Waals surface area contributed by atoms with E-state index in [2.05, 4.69) is 144 Å². The Labute approximate surface area is 257 Å². The third kappa shape index (κ3) is 3.89. The molecule has 0 bridgehead atoms. The SMILES string of the molecule is Cc1cc2c(oc3ccccc32)c2c1C1CCc3cc(-c4ccccc4)ccc3-c3cccc[n+]3CCC1[n+]1ccccc1-2. The Kier molecular flexibility index (Phi) is 5.80. The summed E-state index contributed by atoms with van der Waals surface area (Å²) in [6.45, 7) is 3.28. The molecule has 9 rings (SSSR count). The Hall–Kier alpha value is -5.02. The van der Waals surface area contributed by atoms with E-state index in [1.807, 2.05) is 0 Å². The second-order valence-electron chi connectivity index (χ2n) is 12.5. The average molecular weight is 571 g/mol. The molecule has 0 spiro atoms. The fourth-order valence-corrected chi connectivity index (χ4v) is 8.12. The van der Waals surface area contributed by atoms with E-state index in [0.29, 0.717) is 12.0 Å². The van der Waals surface area contributed by atoms with E-state index in [1.165, 1.54) is 61.1 Å². The van der Waals surface area contributed by atoms with Crippen LogP contribution >= 0.6 is 0 Å². The fraction of sp³-hybridized carbons (Fsp3) is 0.171. The molecular weight excluding hydrogens is 536 g/mol. The number of para-hydroxylation sites is 1. The highest BCUT2D eigenvalue weighted by molar-refractivity contribution is 6.10. The van der Waals surface area contributed by atoms with E-state index in [0.717, 1.165) is 37.0 Å². The molecule has 2 aliphatic rings. The molecule has 2 aliphatic heterocycles. The van der Waals surface area contributed by atoms with Crippen LogP contribution in [0.15, 0.2) is 132 Å². The van der Waals surface area contributed by atoms with Gasteiger partial charge < -0.3 is 4.42 Å². The lowest BCUT2D eigenvalue weighted by atomic mass is 9.75. The van der Waals surface area contributed by atoms with Gasteiger partial charge in [-0.25, -0.2) is 0 Å². The minimum Gasteiger partial charge on any atom is -0.455 e. The summed E-state index contributed by atoms with van der Waals surface area (Å²) < 4.78 is 11.7. The predicted molar refractivity (Wildman–Crippen MR) is 176 cm³/mol. The van der Waals surface area contributed by atoms with Crippen LogP contribution in [0.3, 0.4) is 0 Å². The van der Waals surface area contributed by atoms with Crippen LogP contribution in [0.1, 0.15) is 41.5 Å². The summed E-state index contributed by atoms with van der Waals surface area (Å²) >= 11 is 0. The number of aryl methyl sites for hydroxylation is 3. The number of furan rings is 1. The Morgan fingerprint density at radius 3 is 2.39 bits per heavy atom. The molecule has 44 heavy (non-hydrogen) atoms. The minimum atomic E-state index is 0.346. The standard InChI is InChI=1S/C41H34N2O/c1-27-25-34-32-13-5-6-16-38(32)44-41(34)40-37-15-8-10-23-43(37)36-21-24-42-22-9-7-14-35(42)31-19-17-29(28-11-3-2-4-12-28)26-30(31)18-20-33(36)39(27)40/h2-17,19,22-23,25-26,33,36H,18,20-21,24H2,1H3/q+2. The van der Waals surface area contributed by atoms with Crippen molar-refractivity contribution in [3.8, 4) is 33.6 Å². The molecule has 7 aromatic rings. The van der Waals surface area contributed by atoms with E-state index in [-0.39, 0.29) is 0 Å². The number of fused-ring (bicyclic) bond motifs is 13. The minimum absolute atomic E-state index is 0.346. The van der Waals surface area contributed by atoms with Gasteiger partial charge in [-0.15, -0.1) is 0 Å². The first kappa shape index (κ1) is 25.5. The highest BCUT2D eigenvalue weighted by Crippen LogP contribution is 2.49. The molecule has 3 aromatic heterocycles. The maximum atomic E-state index is 6.69. The van der Waals surface area contributed by atoms with Crippen LogP contribution in [0, 0.1) is 6.92 Å². The molecule has 0 fully saturated rings. The highest BCUT2D eigenvalue weighted by Gasteiger charge is 2.43. The van der Waals surface area contributed by atoms with E-state index in [9.17, 15) is 0 Å². The van der Waals surface area contributed by atoms with Crippen molar-refractivity contribution >= 4 is 21.9 Å². The van der Waals surface area contributed by atoms with Gasteiger partial charge in [-0.05, 0) is 77.9 Å². The first-order valence-electron chi connectivity index (χ1n) is 15.9. The molecule has 0 N–H and O–H groups in total. The first-order chi connectivity index (χ1) is 21.7. The predicted octanol–water partition coefficient (Wildman–Crippen LogP) is 9.15. The van der Waals surface area contributed by atoms with Crippen LogP contribution in [0.4, 0.5) is 0 Å². The molecule has 3 heteroatoms. The van der Waals surface area contributed by atoms with Gasteiger partial charge in [0.05, 0.1) is 12.0 Å². The van der Waals surface area contributed by atoms with Crippen LogP contribution < -0.4 is 9.13 Å². The number of benzene rings is 4. The fourth-order valence-electron chi connectivity index (χ4n) is 8.12. The molecule has 5 heterocycles. The Morgan fingerprint density at radius 1 is 0.682 bits per heavy atom. The van der Waals surface area contributed by atoms with Crippen LogP contribution in [0.25, 0.3) is 55.6 Å². The second kappa shape index (κ2) is 10.0. The molecule has 3 nitrogen and oxygen atoms in total. The van der Waals surface area contributed by atoms with Crippen molar-refractivity contribution in [3.63, 3.8) is 0 Å². The largest absolute Gasteiger partial charge is 0.455 e. The molecule has 2 unspecified atom stereocenters. The zero-order valence-corrected chi connectivity index (χ0v) is 24.9. The Bertz CT molecular complexity index is 2210. The molecule has 0 amide bonds. The Morgan fingerprint density at radius 2 is 1.48 bits per heavy atom. The lowest BCUT2D eigenvalue weighted by molar-refractivity contribution is -0.738. The van der Waals surface area contributed by atoms with Crippen LogP contribution in [-0.4, -0.2) is 0 Å². The molecular formula is C41H34N2O+2. The van der Waals surface area contributed by atoms with Gasteiger partial charge in [0.2, 0.25) is 11.4 Å². The molecule has 4 aromatic carbocycles. The van der Waals surface area contributed by atoms with Gasteiger partial charge in [-0.1, -0.05) is 60.7 Å². The maximum Gasteiger partial charge on any atom is 0.216 e. The van der Waals surface area contributed by atoms with Crippen LogP contribution in [0.2, 0.25) is 0 Å². The summed E-state index contributed by atoms with van der Waals surface area (Å²) in [5.74, 6) is 0.363. The van der Waals surface area contributed by atoms with E-state index >= 15 is 0 Å². The van der Waals surface area contributed by atoms with Gasteiger partial charge in [0.25, 0.3) is 0 Å². The molecule has 212 valence electrons. The summed E-state index contributed by atoms with van der Waals surface area (Å²) in [7, 11) is 0. The summed E-state index contributed by atoms with van der Waals surface area (Å²) in [6.07, 6.45) is 7.70. The number of rotatable bonds is 1. The van der Waals surface area contributed by atoms with Gasteiger partial charge in [-0.2, -0.15) is 9.13 Å². The zero-order valence-electron chi connectivity index (χ0n) is 24.9. The average Bonchev–Trinajstić information content (AvgIpc) is 3.45. The molecule has 0 saturated heterocycles. The van der Waals surface area contributed by atoms with Gasteiger partial charge >= 0.3 is 0 Å². The highest BCUT2D eigenvalue weighted by atomic mass is 16.3. The number of aromatic nitrogens is 2. The molecule has 0 saturated carbocycles. The van der Waals surface area contributed by atoms with Crippen molar-refractivity contribution in [2.75, 3.05) is 0 Å². The van der Waals surface area contributed by atoms with Crippen molar-refractivity contribution < 1.29 is 13.6 Å². The van der Waals surface area contributed by atoms with Crippen molar-refractivity contribution in [2.24, 2.45) is 0 Å². The topological polar surface area (TPSA) is 20.9 Å². The molecule has 0 radical (unpaired) electrons. The van der Waals surface area contributed by atoms with E-state index < -0.39 is 0 Å². The third-order valence-corrected chi connectivity index (χ3v) is 10.1. The van der Waals surface area contributed by atoms with E-state index in [1.54, 1.807) is 0 Å². The smallest absolute Gasteiger partial charge is 0.216 e. The quantitative estimate of drug-likeness (QED) is 0.180. The van der Waals surface area contributed by atoms with Gasteiger partial charge in [-0.3, -0.25) is 0 Å². The van der Waals surface area contributed by atoms with Crippen LogP contribution in [0.5, 0.6) is 0 Å². The summed E-state index contributed by atoms with van der Waals surface area (Å²) in [6, 6.07) is 42.4. The van der Waals surface area contributed by atoms with Gasteiger partial charge in [0.1, 0.15) is 11.2 Å². The molecule has 2 atom stereocenters.